The summed E-state index contributed by atoms with van der Waals surface area (Å²) in [4.78, 5) is 18.9. The van der Waals surface area contributed by atoms with Gasteiger partial charge in [-0.25, -0.2) is 4.79 Å². The van der Waals surface area contributed by atoms with E-state index in [2.05, 4.69) is 25.3 Å². The van der Waals surface area contributed by atoms with E-state index in [9.17, 15) is 4.79 Å². The number of methoxy groups -OCH3 is 2. The third-order valence-corrected chi connectivity index (χ3v) is 5.59. The van der Waals surface area contributed by atoms with Crippen LogP contribution in [-0.4, -0.2) is 74.6 Å². The van der Waals surface area contributed by atoms with E-state index in [1.165, 1.54) is 12.8 Å². The van der Waals surface area contributed by atoms with Gasteiger partial charge in [-0.1, -0.05) is 0 Å². The molecule has 2 aliphatic heterocycles. The van der Waals surface area contributed by atoms with Crippen LogP contribution in [0.3, 0.4) is 0 Å². The van der Waals surface area contributed by atoms with Gasteiger partial charge in [0, 0.05) is 51.0 Å². The Balaban J connectivity index is 1.31. The molecule has 0 bridgehead atoms. The predicted molar refractivity (Wildman–Crippen MR) is 116 cm³/mol. The normalized spacial score (nSPS) is 16.5. The molecule has 0 saturated carbocycles. The van der Waals surface area contributed by atoms with E-state index in [0.29, 0.717) is 30.3 Å². The number of hydrogen-bond donors (Lipinski definition) is 1. The molecule has 2 amide bonds. The molecule has 9 nitrogen and oxygen atoms in total. The fourth-order valence-corrected chi connectivity index (χ4v) is 3.86. The molecule has 0 spiro atoms. The van der Waals surface area contributed by atoms with E-state index in [-0.39, 0.29) is 6.03 Å². The topological polar surface area (TPSA) is 83.1 Å². The number of ether oxygens (including phenoxy) is 2. The molecule has 30 heavy (non-hydrogen) atoms. The average molecular weight is 412 g/mol. The van der Waals surface area contributed by atoms with Crippen LogP contribution in [0, 0.1) is 0 Å². The number of benzene rings is 1. The zero-order chi connectivity index (χ0) is 20.9. The Kier molecular flexibility index (Phi) is 6.06. The highest BCUT2D eigenvalue weighted by molar-refractivity contribution is 5.90. The minimum Gasteiger partial charge on any atom is -0.493 e. The van der Waals surface area contributed by atoms with Crippen molar-refractivity contribution in [3.63, 3.8) is 0 Å². The summed E-state index contributed by atoms with van der Waals surface area (Å²) in [5.74, 6) is 3.01. The number of aromatic nitrogens is 2. The number of piperazine rings is 1. The number of rotatable bonds is 5. The smallest absolute Gasteiger partial charge is 0.321 e. The van der Waals surface area contributed by atoms with Crippen molar-refractivity contribution in [1.82, 2.24) is 15.1 Å². The van der Waals surface area contributed by atoms with Crippen LogP contribution in [0.25, 0.3) is 0 Å². The first kappa shape index (κ1) is 20.1. The summed E-state index contributed by atoms with van der Waals surface area (Å²) in [5, 5.41) is 11.7. The monoisotopic (exact) mass is 412 g/mol. The molecule has 1 aromatic heterocycles. The Morgan fingerprint density at radius 1 is 0.833 bits per heavy atom. The zero-order valence-electron chi connectivity index (χ0n) is 17.5. The van der Waals surface area contributed by atoms with Crippen LogP contribution in [0.4, 0.5) is 22.1 Å². The lowest BCUT2D eigenvalue weighted by molar-refractivity contribution is 0.208. The van der Waals surface area contributed by atoms with Gasteiger partial charge in [-0.15, -0.1) is 10.2 Å². The van der Waals surface area contributed by atoms with Crippen molar-refractivity contribution in [3.8, 4) is 11.5 Å². The van der Waals surface area contributed by atoms with Gasteiger partial charge in [0.05, 0.1) is 14.2 Å². The van der Waals surface area contributed by atoms with Crippen molar-refractivity contribution in [2.24, 2.45) is 0 Å². The fraction of sp³-hybridized carbons (Fsp3) is 0.476. The highest BCUT2D eigenvalue weighted by Crippen LogP contribution is 2.30. The van der Waals surface area contributed by atoms with E-state index in [1.807, 2.05) is 12.1 Å². The highest BCUT2D eigenvalue weighted by Gasteiger charge is 2.23. The summed E-state index contributed by atoms with van der Waals surface area (Å²) in [6, 6.07) is 9.27. The molecule has 2 aromatic rings. The molecular weight excluding hydrogens is 384 g/mol. The van der Waals surface area contributed by atoms with Crippen LogP contribution in [0.1, 0.15) is 12.8 Å². The van der Waals surface area contributed by atoms with Gasteiger partial charge in [0.1, 0.15) is 0 Å². The van der Waals surface area contributed by atoms with E-state index < -0.39 is 0 Å². The zero-order valence-corrected chi connectivity index (χ0v) is 17.5. The molecule has 0 radical (unpaired) electrons. The van der Waals surface area contributed by atoms with E-state index in [1.54, 1.807) is 37.3 Å². The maximum atomic E-state index is 12.6. The predicted octanol–water partition coefficient (Wildman–Crippen LogP) is 2.45. The molecule has 0 aliphatic carbocycles. The molecule has 1 aromatic carbocycles. The Morgan fingerprint density at radius 3 is 2.00 bits per heavy atom. The Morgan fingerprint density at radius 2 is 1.43 bits per heavy atom. The summed E-state index contributed by atoms with van der Waals surface area (Å²) in [6.45, 7) is 4.79. The standard InChI is InChI=1S/C21H28N6O3/c1-29-17-6-5-16(15-18(17)30-2)22-21(28)27-13-11-26(12-14-27)20-8-7-19(23-24-20)25-9-3-4-10-25/h5-8,15H,3-4,9-14H2,1-2H3,(H,22,28). The number of urea groups is 1. The SMILES string of the molecule is COc1ccc(NC(=O)N2CCN(c3ccc(N4CCCC4)nn3)CC2)cc1OC. The molecule has 2 fully saturated rings. The summed E-state index contributed by atoms with van der Waals surface area (Å²) >= 11 is 0. The number of anilines is 3. The van der Waals surface area contributed by atoms with Crippen LogP contribution >= 0.6 is 0 Å². The minimum absolute atomic E-state index is 0.127. The molecule has 160 valence electrons. The molecule has 2 saturated heterocycles. The Bertz CT molecular complexity index is 862. The van der Waals surface area contributed by atoms with E-state index in [0.717, 1.165) is 37.8 Å². The second-order valence-electron chi connectivity index (χ2n) is 7.42. The molecule has 9 heteroatoms. The van der Waals surface area contributed by atoms with Crippen LogP contribution in [0.2, 0.25) is 0 Å². The van der Waals surface area contributed by atoms with Gasteiger partial charge in [-0.3, -0.25) is 0 Å². The van der Waals surface area contributed by atoms with Crippen molar-refractivity contribution in [2.75, 3.05) is 68.6 Å². The number of amides is 2. The molecule has 2 aliphatic rings. The number of hydrogen-bond acceptors (Lipinski definition) is 7. The number of nitrogens with one attached hydrogen (secondary N) is 1. The highest BCUT2D eigenvalue weighted by atomic mass is 16.5. The van der Waals surface area contributed by atoms with E-state index in [4.69, 9.17) is 9.47 Å². The lowest BCUT2D eigenvalue weighted by Crippen LogP contribution is -2.50. The van der Waals surface area contributed by atoms with Gasteiger partial charge in [-0.05, 0) is 37.1 Å². The Hall–Kier alpha value is -3.23. The minimum atomic E-state index is -0.127. The largest absolute Gasteiger partial charge is 0.493 e. The summed E-state index contributed by atoms with van der Waals surface area (Å²) in [5.41, 5.74) is 0.670. The summed E-state index contributed by atoms with van der Waals surface area (Å²) in [7, 11) is 3.16. The van der Waals surface area contributed by atoms with Crippen LogP contribution in [-0.2, 0) is 0 Å². The lowest BCUT2D eigenvalue weighted by atomic mass is 10.2. The van der Waals surface area contributed by atoms with Crippen LogP contribution in [0.5, 0.6) is 11.5 Å². The summed E-state index contributed by atoms with van der Waals surface area (Å²) in [6.07, 6.45) is 2.44. The molecule has 3 heterocycles. The van der Waals surface area contributed by atoms with Gasteiger partial charge in [0.2, 0.25) is 0 Å². The second-order valence-corrected chi connectivity index (χ2v) is 7.42. The first-order chi connectivity index (χ1) is 14.7. The van der Waals surface area contributed by atoms with Crippen LogP contribution < -0.4 is 24.6 Å². The van der Waals surface area contributed by atoms with Gasteiger partial charge >= 0.3 is 6.03 Å². The van der Waals surface area contributed by atoms with Crippen molar-refractivity contribution in [1.29, 1.82) is 0 Å². The van der Waals surface area contributed by atoms with Gasteiger partial charge in [-0.2, -0.15) is 0 Å². The third-order valence-electron chi connectivity index (χ3n) is 5.59. The molecule has 4 rings (SSSR count). The quantitative estimate of drug-likeness (QED) is 0.808. The first-order valence-corrected chi connectivity index (χ1v) is 10.3. The van der Waals surface area contributed by atoms with Crippen molar-refractivity contribution < 1.29 is 14.3 Å². The maximum Gasteiger partial charge on any atom is 0.321 e. The number of carbonyl (C=O) groups excluding carboxylic acids is 1. The molecular formula is C21H28N6O3. The fourth-order valence-electron chi connectivity index (χ4n) is 3.86. The van der Waals surface area contributed by atoms with Gasteiger partial charge in [0.25, 0.3) is 0 Å². The third kappa shape index (κ3) is 4.34. The Labute approximate surface area is 176 Å². The van der Waals surface area contributed by atoms with Gasteiger partial charge < -0.3 is 29.5 Å². The molecule has 0 atom stereocenters. The van der Waals surface area contributed by atoms with Gasteiger partial charge in [0.15, 0.2) is 23.1 Å². The van der Waals surface area contributed by atoms with Crippen molar-refractivity contribution in [2.45, 2.75) is 12.8 Å². The lowest BCUT2D eigenvalue weighted by Gasteiger charge is -2.35. The second kappa shape index (κ2) is 9.06. The first-order valence-electron chi connectivity index (χ1n) is 10.3. The van der Waals surface area contributed by atoms with Crippen molar-refractivity contribution >= 4 is 23.4 Å². The van der Waals surface area contributed by atoms with Crippen molar-refractivity contribution in [3.05, 3.63) is 30.3 Å². The molecule has 1 N–H and O–H groups in total. The average Bonchev–Trinajstić information content (AvgIpc) is 3.34. The summed E-state index contributed by atoms with van der Waals surface area (Å²) < 4.78 is 10.5. The number of nitrogens with zero attached hydrogens (tertiary/aromatic N) is 5. The maximum absolute atomic E-state index is 12.6. The van der Waals surface area contributed by atoms with Crippen LogP contribution in [0.15, 0.2) is 30.3 Å². The van der Waals surface area contributed by atoms with E-state index >= 15 is 0 Å². The number of carbonyl (C=O) groups is 1. The molecule has 0 unspecified atom stereocenters.